The second kappa shape index (κ2) is 23.8. The third-order valence-electron chi connectivity index (χ3n) is 7.28. The second-order valence-electron chi connectivity index (χ2n) is 11.2. The fourth-order valence-corrected chi connectivity index (χ4v) is 9.23. The Balaban J connectivity index is 0.000000211. The van der Waals surface area contributed by atoms with Crippen LogP contribution in [0.4, 0.5) is 5.69 Å². The Kier molecular flexibility index (Phi) is 19.3. The molecule has 0 aliphatic heterocycles. The SMILES string of the molecule is C1#CC(=[P+](c2ccccc2)c2ccccc2)C#C1.C1=C=[C-]C(P(c2ccccc2)c2ccccc2)=C=1.CS(=O)(=O)[O-].[Fe+2].[NH-]c1ccccc1-c1[c-]cccc1.[Pd+2]. The Morgan fingerprint density at radius 3 is 1.54 bits per heavy atom. The molecule has 276 valence electrons. The van der Waals surface area contributed by atoms with Crippen LogP contribution in [0.3, 0.4) is 0 Å². The molecular formula is C47H32FeNO3P2PdS+. The zero-order valence-electron chi connectivity index (χ0n) is 29.9. The monoisotopic (exact) mass is 914 g/mol. The van der Waals surface area contributed by atoms with E-state index >= 15 is 0 Å². The Morgan fingerprint density at radius 2 is 1.11 bits per heavy atom. The first-order valence-corrected chi connectivity index (χ1v) is 21.0. The van der Waals surface area contributed by atoms with Crippen molar-refractivity contribution in [2.24, 2.45) is 0 Å². The summed E-state index contributed by atoms with van der Waals surface area (Å²) < 4.78 is 27.2. The molecule has 2 aliphatic carbocycles. The zero-order valence-corrected chi connectivity index (χ0v) is 35.1. The van der Waals surface area contributed by atoms with Crippen LogP contribution in [0.1, 0.15) is 0 Å². The summed E-state index contributed by atoms with van der Waals surface area (Å²) in [5.41, 5.74) is 19.0. The summed E-state index contributed by atoms with van der Waals surface area (Å²) in [7, 11) is -5.08. The molecule has 0 fully saturated rings. The molecule has 0 saturated carbocycles. The van der Waals surface area contributed by atoms with Gasteiger partial charge in [0.1, 0.15) is 0 Å². The van der Waals surface area contributed by atoms with E-state index in [0.717, 1.165) is 21.7 Å². The second-order valence-corrected chi connectivity index (χ2v) is 16.9. The molecular weight excluding hydrogens is 883 g/mol. The molecule has 0 atom stereocenters. The van der Waals surface area contributed by atoms with E-state index in [1.165, 1.54) is 21.2 Å². The van der Waals surface area contributed by atoms with Crippen LogP contribution in [-0.4, -0.2) is 24.5 Å². The smallest absolute Gasteiger partial charge is 0.748 e. The van der Waals surface area contributed by atoms with Crippen LogP contribution < -0.4 is 21.2 Å². The average molecular weight is 915 g/mol. The van der Waals surface area contributed by atoms with Gasteiger partial charge in [-0.05, 0) is 54.6 Å². The number of allylic oxidation sites excluding steroid dienone is 2. The Morgan fingerprint density at radius 1 is 0.661 bits per heavy atom. The van der Waals surface area contributed by atoms with Gasteiger partial charge in [-0.2, -0.15) is 5.69 Å². The van der Waals surface area contributed by atoms with Crippen LogP contribution >= 0.6 is 15.5 Å². The topological polar surface area (TPSA) is 81.0 Å². The van der Waals surface area contributed by atoms with Gasteiger partial charge in [-0.15, -0.1) is 47.5 Å². The molecule has 0 bridgehead atoms. The van der Waals surface area contributed by atoms with Crippen molar-refractivity contribution in [2.75, 3.05) is 6.26 Å². The fourth-order valence-electron chi connectivity index (χ4n) is 5.05. The van der Waals surface area contributed by atoms with Gasteiger partial charge >= 0.3 is 37.5 Å². The van der Waals surface area contributed by atoms with Crippen molar-refractivity contribution in [3.8, 4) is 34.8 Å². The number of nitrogens with one attached hydrogen (secondary N) is 1. The molecule has 8 rings (SSSR count). The molecule has 2 aliphatic rings. The zero-order chi connectivity index (χ0) is 38.0. The summed E-state index contributed by atoms with van der Waals surface area (Å²) in [5.74, 6) is 12.0. The summed E-state index contributed by atoms with van der Waals surface area (Å²) in [5, 5.41) is 7.33. The summed E-state index contributed by atoms with van der Waals surface area (Å²) >= 11 is 0. The standard InChI is InChI=1S/2C17H10P.C12H9N.CH4O3S.Fe.Pd/c2*1-3-9-15(10-4-1)18(17-13-7-8-14-17)16-11-5-2-6-12-16;13-12-9-5-4-8-11(12)10-6-2-1-3-7-10;1-5(2,3)4;;/h2*1-6,9-12H;1-6,8-9,13H;1H3,(H,2,3,4);;/q-1;+1;-2;;2*+2/p-1. The van der Waals surface area contributed by atoms with E-state index in [1.54, 1.807) is 6.07 Å². The molecule has 9 heteroatoms. The van der Waals surface area contributed by atoms with Crippen LogP contribution in [0.5, 0.6) is 0 Å². The average Bonchev–Trinajstić information content (AvgIpc) is 3.94. The summed E-state index contributed by atoms with van der Waals surface area (Å²) in [6, 6.07) is 60.4. The van der Waals surface area contributed by atoms with Crippen molar-refractivity contribution >= 4 is 57.8 Å². The molecule has 56 heavy (non-hydrogen) atoms. The number of benzene rings is 6. The first-order chi connectivity index (χ1) is 26.3. The number of hydrogen-bond acceptors (Lipinski definition) is 3. The third kappa shape index (κ3) is 14.6. The van der Waals surface area contributed by atoms with E-state index < -0.39 is 25.6 Å². The van der Waals surface area contributed by atoms with Crippen LogP contribution in [0, 0.1) is 35.8 Å². The van der Waals surface area contributed by atoms with E-state index in [0.29, 0.717) is 11.9 Å². The fraction of sp³-hybridized carbons (Fsp3) is 0.0213. The van der Waals surface area contributed by atoms with Crippen LogP contribution in [0.2, 0.25) is 0 Å². The molecule has 4 nitrogen and oxygen atoms in total. The van der Waals surface area contributed by atoms with Gasteiger partial charge in [-0.25, -0.2) is 14.1 Å². The molecule has 0 heterocycles. The van der Waals surface area contributed by atoms with Gasteiger partial charge in [0.15, 0.2) is 18.2 Å². The largest absolute Gasteiger partial charge is 2.00 e. The van der Waals surface area contributed by atoms with Crippen molar-refractivity contribution < 1.29 is 50.5 Å². The Labute approximate surface area is 357 Å². The maximum Gasteiger partial charge on any atom is 2.00 e. The van der Waals surface area contributed by atoms with Gasteiger partial charge in [0.25, 0.3) is 5.29 Å². The van der Waals surface area contributed by atoms with E-state index in [1.807, 2.05) is 66.7 Å². The molecule has 1 N–H and O–H groups in total. The Bertz CT molecular complexity index is 2490. The first kappa shape index (κ1) is 45.4. The normalized spacial score (nSPS) is 10.8. The molecule has 0 spiro atoms. The van der Waals surface area contributed by atoms with Crippen LogP contribution in [0.25, 0.3) is 16.9 Å². The number of rotatable bonds is 6. The summed E-state index contributed by atoms with van der Waals surface area (Å²) in [6.07, 6.45) is 3.73. The van der Waals surface area contributed by atoms with Crippen molar-refractivity contribution in [3.63, 3.8) is 0 Å². The van der Waals surface area contributed by atoms with Crippen molar-refractivity contribution in [1.82, 2.24) is 0 Å². The van der Waals surface area contributed by atoms with Crippen molar-refractivity contribution in [1.29, 1.82) is 0 Å². The molecule has 0 aromatic heterocycles. The van der Waals surface area contributed by atoms with Crippen LogP contribution in [0.15, 0.2) is 192 Å². The first-order valence-electron chi connectivity index (χ1n) is 16.5. The predicted molar refractivity (Wildman–Crippen MR) is 226 cm³/mol. The summed E-state index contributed by atoms with van der Waals surface area (Å²) in [6.45, 7) is 0. The van der Waals surface area contributed by atoms with Gasteiger partial charge in [-0.1, -0.05) is 127 Å². The van der Waals surface area contributed by atoms with Crippen LogP contribution in [-0.2, 0) is 47.6 Å². The van der Waals surface area contributed by atoms with Crippen molar-refractivity contribution in [3.05, 3.63) is 210 Å². The maximum atomic E-state index is 9.08. The minimum absolute atomic E-state index is 0. The van der Waals surface area contributed by atoms with Crippen molar-refractivity contribution in [2.45, 2.75) is 0 Å². The van der Waals surface area contributed by atoms with E-state index in [4.69, 9.17) is 18.7 Å². The maximum absolute atomic E-state index is 9.08. The summed E-state index contributed by atoms with van der Waals surface area (Å²) in [4.78, 5) is 0. The van der Waals surface area contributed by atoms with Gasteiger partial charge < -0.3 is 10.3 Å². The third-order valence-corrected chi connectivity index (χ3v) is 11.9. The minimum atomic E-state index is -3.92. The predicted octanol–water partition coefficient (Wildman–Crippen LogP) is 8.59. The molecule has 0 amide bonds. The van der Waals surface area contributed by atoms with Gasteiger partial charge in [0.2, 0.25) is 0 Å². The quantitative estimate of drug-likeness (QED) is 0.0420. The van der Waals surface area contributed by atoms with E-state index in [9.17, 15) is 0 Å². The van der Waals surface area contributed by atoms with Gasteiger partial charge in [0.05, 0.1) is 10.1 Å². The molecule has 0 saturated heterocycles. The van der Waals surface area contributed by atoms with E-state index in [2.05, 4.69) is 150 Å². The Hall–Kier alpha value is -4.99. The van der Waals surface area contributed by atoms with Gasteiger partial charge in [-0.3, -0.25) is 11.5 Å². The molecule has 6 aromatic carbocycles. The molecule has 6 aromatic rings. The number of hydrogen-bond donors (Lipinski definition) is 0. The van der Waals surface area contributed by atoms with E-state index in [-0.39, 0.29) is 37.5 Å². The molecule has 0 radical (unpaired) electrons. The van der Waals surface area contributed by atoms with Gasteiger partial charge in [0, 0.05) is 18.1 Å². The molecule has 0 unspecified atom stereocenters. The minimum Gasteiger partial charge on any atom is -0.748 e.